The Hall–Kier alpha value is 0.210. The zero-order valence-electron chi connectivity index (χ0n) is 5.92. The second kappa shape index (κ2) is 3.07. The van der Waals surface area contributed by atoms with Crippen molar-refractivity contribution in [2.45, 2.75) is 31.4 Å². The van der Waals surface area contributed by atoms with Crippen molar-refractivity contribution in [3.05, 3.63) is 0 Å². The predicted octanol–water partition coefficient (Wildman–Crippen LogP) is 0.541. The largest absolute Gasteiger partial charge is 0.393 e. The summed E-state index contributed by atoms with van der Waals surface area (Å²) >= 11 is 0. The molecule has 3 heteroatoms. The SMILES string of the molecule is Cl.O[C@@H]1C[C@@H]2CC[C@H]1CN2. The van der Waals surface area contributed by atoms with E-state index in [1.807, 2.05) is 0 Å². The number of fused-ring (bicyclic) bond motifs is 3. The van der Waals surface area contributed by atoms with Crippen molar-refractivity contribution in [3.8, 4) is 0 Å². The zero-order valence-corrected chi connectivity index (χ0v) is 6.73. The molecule has 0 radical (unpaired) electrons. The molecule has 2 aliphatic heterocycles. The highest BCUT2D eigenvalue weighted by Crippen LogP contribution is 2.28. The Kier molecular flexibility index (Phi) is 2.55. The van der Waals surface area contributed by atoms with Crippen LogP contribution in [0.4, 0.5) is 0 Å². The minimum Gasteiger partial charge on any atom is -0.393 e. The molecule has 2 nitrogen and oxygen atoms in total. The Balaban J connectivity index is 0.000000500. The summed E-state index contributed by atoms with van der Waals surface area (Å²) in [6, 6.07) is 0.630. The van der Waals surface area contributed by atoms with Gasteiger partial charge in [0.05, 0.1) is 6.10 Å². The molecule has 0 aromatic heterocycles. The van der Waals surface area contributed by atoms with Gasteiger partial charge in [-0.1, -0.05) is 0 Å². The molecular formula is C7H14ClNO. The summed E-state index contributed by atoms with van der Waals surface area (Å²) < 4.78 is 0. The van der Waals surface area contributed by atoms with Crippen LogP contribution in [0.25, 0.3) is 0 Å². The number of halogens is 1. The minimum absolute atomic E-state index is 0. The first kappa shape index (κ1) is 8.31. The molecule has 0 aromatic rings. The lowest BCUT2D eigenvalue weighted by Gasteiger charge is -2.40. The molecule has 2 bridgehead atoms. The minimum atomic E-state index is 0. The van der Waals surface area contributed by atoms with Crippen molar-refractivity contribution in [1.82, 2.24) is 5.32 Å². The van der Waals surface area contributed by atoms with Crippen LogP contribution in [-0.4, -0.2) is 23.8 Å². The molecule has 3 atom stereocenters. The number of hydrogen-bond donors (Lipinski definition) is 2. The second-order valence-electron chi connectivity index (χ2n) is 3.25. The highest BCUT2D eigenvalue weighted by Gasteiger charge is 2.33. The highest BCUT2D eigenvalue weighted by atomic mass is 35.5. The van der Waals surface area contributed by atoms with Gasteiger partial charge in [0.25, 0.3) is 0 Å². The summed E-state index contributed by atoms with van der Waals surface area (Å²) in [7, 11) is 0. The summed E-state index contributed by atoms with van der Waals surface area (Å²) in [5, 5.41) is 12.7. The van der Waals surface area contributed by atoms with Gasteiger partial charge in [-0.15, -0.1) is 12.4 Å². The van der Waals surface area contributed by atoms with Crippen LogP contribution < -0.4 is 5.32 Å². The normalized spacial score (nSPS) is 44.7. The summed E-state index contributed by atoms with van der Waals surface area (Å²) in [6.45, 7) is 1.05. The van der Waals surface area contributed by atoms with E-state index in [1.165, 1.54) is 12.8 Å². The highest BCUT2D eigenvalue weighted by molar-refractivity contribution is 5.85. The van der Waals surface area contributed by atoms with Crippen LogP contribution in [-0.2, 0) is 0 Å². The van der Waals surface area contributed by atoms with Gasteiger partial charge in [0.15, 0.2) is 0 Å². The molecular weight excluding hydrogens is 150 g/mol. The van der Waals surface area contributed by atoms with Gasteiger partial charge >= 0.3 is 0 Å². The van der Waals surface area contributed by atoms with E-state index in [0.29, 0.717) is 12.0 Å². The van der Waals surface area contributed by atoms with Crippen LogP contribution in [0, 0.1) is 5.92 Å². The molecule has 3 rings (SSSR count). The molecule has 1 saturated carbocycles. The van der Waals surface area contributed by atoms with E-state index in [0.717, 1.165) is 13.0 Å². The average molecular weight is 164 g/mol. The standard InChI is InChI=1S/C7H13NO.ClH/c9-7-3-6-2-1-5(7)4-8-6;/h5-9H,1-4H2;1H/t5-,6-,7+;/m0./s1. The molecule has 3 aliphatic rings. The molecule has 1 aliphatic carbocycles. The van der Waals surface area contributed by atoms with E-state index in [9.17, 15) is 5.11 Å². The maximum atomic E-state index is 9.36. The number of piperidine rings is 2. The van der Waals surface area contributed by atoms with Crippen LogP contribution in [0.1, 0.15) is 19.3 Å². The Morgan fingerprint density at radius 3 is 2.30 bits per heavy atom. The molecule has 2 N–H and O–H groups in total. The van der Waals surface area contributed by atoms with Crippen LogP contribution in [0.2, 0.25) is 0 Å². The van der Waals surface area contributed by atoms with Crippen molar-refractivity contribution in [2.75, 3.05) is 6.54 Å². The zero-order chi connectivity index (χ0) is 6.27. The molecule has 2 heterocycles. The average Bonchev–Trinajstić information content (AvgIpc) is 1.90. The number of rotatable bonds is 0. The Morgan fingerprint density at radius 1 is 1.30 bits per heavy atom. The first-order valence-electron chi connectivity index (χ1n) is 3.78. The van der Waals surface area contributed by atoms with Gasteiger partial charge in [-0.2, -0.15) is 0 Å². The second-order valence-corrected chi connectivity index (χ2v) is 3.25. The summed E-state index contributed by atoms with van der Waals surface area (Å²) in [6.07, 6.45) is 3.51. The first-order chi connectivity index (χ1) is 4.36. The fourth-order valence-electron chi connectivity index (χ4n) is 1.95. The van der Waals surface area contributed by atoms with Gasteiger partial charge in [0.2, 0.25) is 0 Å². The number of aliphatic hydroxyl groups excluding tert-OH is 1. The van der Waals surface area contributed by atoms with Crippen molar-refractivity contribution < 1.29 is 5.11 Å². The van der Waals surface area contributed by atoms with Crippen molar-refractivity contribution in [3.63, 3.8) is 0 Å². The molecule has 0 spiro atoms. The quantitative estimate of drug-likeness (QED) is 0.547. The van der Waals surface area contributed by atoms with Gasteiger partial charge < -0.3 is 10.4 Å². The van der Waals surface area contributed by atoms with Gasteiger partial charge in [0.1, 0.15) is 0 Å². The monoisotopic (exact) mass is 163 g/mol. The van der Waals surface area contributed by atoms with Crippen LogP contribution >= 0.6 is 12.4 Å². The van der Waals surface area contributed by atoms with E-state index in [2.05, 4.69) is 5.32 Å². The molecule has 10 heavy (non-hydrogen) atoms. The van der Waals surface area contributed by atoms with E-state index < -0.39 is 0 Å². The maximum absolute atomic E-state index is 9.36. The molecule has 0 amide bonds. The first-order valence-corrected chi connectivity index (χ1v) is 3.78. The topological polar surface area (TPSA) is 32.3 Å². The molecule has 0 unspecified atom stereocenters. The lowest BCUT2D eigenvalue weighted by molar-refractivity contribution is 0.0228. The Labute approximate surface area is 67.4 Å². The predicted molar refractivity (Wildman–Crippen MR) is 42.4 cm³/mol. The summed E-state index contributed by atoms with van der Waals surface area (Å²) in [4.78, 5) is 0. The maximum Gasteiger partial charge on any atom is 0.0595 e. The van der Waals surface area contributed by atoms with Gasteiger partial charge in [-0.25, -0.2) is 0 Å². The van der Waals surface area contributed by atoms with Crippen LogP contribution in [0.5, 0.6) is 0 Å². The Morgan fingerprint density at radius 2 is 2.10 bits per heavy atom. The van der Waals surface area contributed by atoms with E-state index in [1.54, 1.807) is 0 Å². The van der Waals surface area contributed by atoms with Crippen molar-refractivity contribution in [2.24, 2.45) is 5.92 Å². The fraction of sp³-hybridized carbons (Fsp3) is 1.00. The summed E-state index contributed by atoms with van der Waals surface area (Å²) in [5.41, 5.74) is 0. The summed E-state index contributed by atoms with van der Waals surface area (Å²) in [5.74, 6) is 0.565. The smallest absolute Gasteiger partial charge is 0.0595 e. The number of nitrogens with one attached hydrogen (secondary N) is 1. The Bertz CT molecular complexity index is 112. The lowest BCUT2D eigenvalue weighted by atomic mass is 9.79. The molecule has 2 saturated heterocycles. The van der Waals surface area contributed by atoms with Crippen molar-refractivity contribution >= 4 is 12.4 Å². The van der Waals surface area contributed by atoms with Crippen LogP contribution in [0.3, 0.4) is 0 Å². The van der Waals surface area contributed by atoms with E-state index in [4.69, 9.17) is 0 Å². The van der Waals surface area contributed by atoms with E-state index in [-0.39, 0.29) is 18.5 Å². The third kappa shape index (κ3) is 1.29. The van der Waals surface area contributed by atoms with Crippen molar-refractivity contribution in [1.29, 1.82) is 0 Å². The fourth-order valence-corrected chi connectivity index (χ4v) is 1.95. The third-order valence-electron chi connectivity index (χ3n) is 2.62. The van der Waals surface area contributed by atoms with Gasteiger partial charge in [-0.05, 0) is 25.2 Å². The number of hydrogen-bond acceptors (Lipinski definition) is 2. The molecule has 0 aromatic carbocycles. The van der Waals surface area contributed by atoms with E-state index >= 15 is 0 Å². The third-order valence-corrected chi connectivity index (χ3v) is 2.62. The number of aliphatic hydroxyl groups is 1. The van der Waals surface area contributed by atoms with Gasteiger partial charge in [-0.3, -0.25) is 0 Å². The molecule has 3 fully saturated rings. The molecule has 60 valence electrons. The van der Waals surface area contributed by atoms with Gasteiger partial charge in [0, 0.05) is 12.6 Å². The van der Waals surface area contributed by atoms with Crippen LogP contribution in [0.15, 0.2) is 0 Å². The lowest BCUT2D eigenvalue weighted by Crippen LogP contribution is -2.51.